The van der Waals surface area contributed by atoms with E-state index in [-0.39, 0.29) is 24.0 Å². The monoisotopic (exact) mass is 584 g/mol. The van der Waals surface area contributed by atoms with Gasteiger partial charge in [0.1, 0.15) is 6.54 Å². The molecule has 10 nitrogen and oxygen atoms in total. The first-order valence-corrected chi connectivity index (χ1v) is 12.2. The number of hydrogen-bond donors (Lipinski definition) is 1. The number of alkyl halides is 3. The summed E-state index contributed by atoms with van der Waals surface area (Å²) in [5.41, 5.74) is -0.227. The molecule has 4 aromatic rings. The molecule has 39 heavy (non-hydrogen) atoms. The maximum atomic E-state index is 13.2. The summed E-state index contributed by atoms with van der Waals surface area (Å²) in [6, 6.07) is 12.6. The Hall–Kier alpha value is -3.68. The molecule has 2 unspecified atom stereocenters. The Bertz CT molecular complexity index is 1550. The van der Waals surface area contributed by atoms with Crippen molar-refractivity contribution in [2.75, 3.05) is 0 Å². The number of para-hydroxylation sites is 1. The zero-order valence-electron chi connectivity index (χ0n) is 20.4. The minimum absolute atomic E-state index is 0.0368. The fraction of sp³-hybridized carbons (Fsp3) is 0.292. The van der Waals surface area contributed by atoms with Crippen LogP contribution in [0.15, 0.2) is 53.3 Å². The summed E-state index contributed by atoms with van der Waals surface area (Å²) in [5.74, 6) is -0.469. The van der Waals surface area contributed by atoms with Crippen LogP contribution in [0.3, 0.4) is 0 Å². The van der Waals surface area contributed by atoms with Crippen LogP contribution in [0.2, 0.25) is 10.0 Å². The molecule has 0 spiro atoms. The summed E-state index contributed by atoms with van der Waals surface area (Å²) in [7, 11) is 0. The van der Waals surface area contributed by atoms with E-state index in [0.717, 1.165) is 9.25 Å². The molecule has 4 rings (SSSR count). The average Bonchev–Trinajstić information content (AvgIpc) is 3.41. The molecular formula is C24H21Cl2F3N6O4. The summed E-state index contributed by atoms with van der Waals surface area (Å²) < 4.78 is 47.6. The topological polar surface area (TPSA) is 117 Å². The van der Waals surface area contributed by atoms with Crippen LogP contribution in [0.25, 0.3) is 17.1 Å². The highest BCUT2D eigenvalue weighted by molar-refractivity contribution is 6.32. The predicted molar refractivity (Wildman–Crippen MR) is 135 cm³/mol. The van der Waals surface area contributed by atoms with Crippen molar-refractivity contribution >= 4 is 29.2 Å². The van der Waals surface area contributed by atoms with Crippen molar-refractivity contribution in [3.05, 3.63) is 80.7 Å². The van der Waals surface area contributed by atoms with Gasteiger partial charge in [0.15, 0.2) is 29.7 Å². The maximum absolute atomic E-state index is 13.2. The molecule has 2 aromatic carbocycles. The Labute approximate surface area is 229 Å². The fourth-order valence-corrected chi connectivity index (χ4v) is 4.07. The van der Waals surface area contributed by atoms with Gasteiger partial charge in [-0.25, -0.2) is 19.1 Å². The van der Waals surface area contributed by atoms with E-state index in [1.807, 2.05) is 0 Å². The van der Waals surface area contributed by atoms with Crippen molar-refractivity contribution < 1.29 is 27.8 Å². The Morgan fingerprint density at radius 2 is 1.77 bits per heavy atom. The number of benzene rings is 2. The number of halogens is 5. The van der Waals surface area contributed by atoms with Gasteiger partial charge in [0.05, 0.1) is 17.3 Å². The molecule has 0 aliphatic heterocycles. The quantitative estimate of drug-likeness (QED) is 0.308. The number of ether oxygens (including phenoxy) is 1. The normalized spacial score (nSPS) is 13.3. The van der Waals surface area contributed by atoms with E-state index >= 15 is 0 Å². The van der Waals surface area contributed by atoms with E-state index in [9.17, 15) is 27.9 Å². The molecule has 0 aliphatic rings. The van der Waals surface area contributed by atoms with Crippen molar-refractivity contribution in [1.82, 2.24) is 29.1 Å². The van der Waals surface area contributed by atoms with Crippen molar-refractivity contribution in [2.24, 2.45) is 0 Å². The lowest BCUT2D eigenvalue weighted by Gasteiger charge is -2.15. The molecule has 0 aliphatic carbocycles. The molecule has 0 bridgehead atoms. The smallest absolute Gasteiger partial charge is 0.416 e. The highest BCUT2D eigenvalue weighted by Crippen LogP contribution is 2.26. The largest absolute Gasteiger partial charge is 0.455 e. The number of hydrogen-bond acceptors (Lipinski definition) is 7. The zero-order chi connectivity index (χ0) is 28.5. The molecule has 2 atom stereocenters. The van der Waals surface area contributed by atoms with Gasteiger partial charge in [0, 0.05) is 17.5 Å². The van der Waals surface area contributed by atoms with Gasteiger partial charge in [0.25, 0.3) is 0 Å². The van der Waals surface area contributed by atoms with Gasteiger partial charge in [-0.05, 0) is 43.3 Å². The summed E-state index contributed by atoms with van der Waals surface area (Å²) in [6.07, 6.45) is -8.64. The fourth-order valence-electron chi connectivity index (χ4n) is 3.73. The highest BCUT2D eigenvalue weighted by Gasteiger charge is 2.39. The molecule has 0 saturated carbocycles. The van der Waals surface area contributed by atoms with Gasteiger partial charge in [0.2, 0.25) is 0 Å². The predicted octanol–water partition coefficient (Wildman–Crippen LogP) is 4.19. The zero-order valence-corrected chi connectivity index (χ0v) is 21.9. The highest BCUT2D eigenvalue weighted by atomic mass is 35.5. The Morgan fingerprint density at radius 1 is 1.10 bits per heavy atom. The number of nitrogens with zero attached hydrogens (tertiary/aromatic N) is 6. The molecule has 15 heteroatoms. The van der Waals surface area contributed by atoms with Crippen molar-refractivity contribution in [1.29, 1.82) is 0 Å². The van der Waals surface area contributed by atoms with Crippen molar-refractivity contribution in [3.63, 3.8) is 0 Å². The molecule has 0 amide bonds. The lowest BCUT2D eigenvalue weighted by molar-refractivity contribution is -0.207. The maximum Gasteiger partial charge on any atom is 0.416 e. The molecule has 0 fully saturated rings. The Kier molecular flexibility index (Phi) is 8.14. The van der Waals surface area contributed by atoms with E-state index in [0.29, 0.717) is 21.3 Å². The number of esters is 1. The van der Waals surface area contributed by atoms with Crippen LogP contribution >= 0.6 is 23.2 Å². The molecule has 0 saturated heterocycles. The van der Waals surface area contributed by atoms with Crippen LogP contribution in [0.5, 0.6) is 0 Å². The first kappa shape index (κ1) is 28.3. The van der Waals surface area contributed by atoms with E-state index in [2.05, 4.69) is 15.2 Å². The van der Waals surface area contributed by atoms with Crippen LogP contribution in [-0.4, -0.2) is 52.5 Å². The second-order valence-electron chi connectivity index (χ2n) is 8.44. The Morgan fingerprint density at radius 3 is 2.38 bits per heavy atom. The average molecular weight is 585 g/mol. The number of aliphatic hydroxyl groups excluding tert-OH is 1. The SMILES string of the molecule is CC(=O)OC(C)c1nc(Cn2nc(-c3ccc(Cl)cc3)n(CC(O)C(F)(F)F)c2=O)nn1-c1ccccc1Cl. The molecule has 2 heterocycles. The summed E-state index contributed by atoms with van der Waals surface area (Å²) in [6.45, 7) is 1.36. The van der Waals surface area contributed by atoms with Gasteiger partial charge in [-0.15, -0.1) is 10.2 Å². The van der Waals surface area contributed by atoms with Crippen molar-refractivity contribution in [2.45, 2.75) is 45.3 Å². The first-order chi connectivity index (χ1) is 18.3. The third-order valence-electron chi connectivity index (χ3n) is 5.51. The molecule has 0 radical (unpaired) electrons. The second kappa shape index (κ2) is 11.2. The van der Waals surface area contributed by atoms with Crippen LogP contribution in [0.4, 0.5) is 13.2 Å². The summed E-state index contributed by atoms with van der Waals surface area (Å²) in [4.78, 5) is 29.2. The van der Waals surface area contributed by atoms with Gasteiger partial charge in [-0.3, -0.25) is 9.36 Å². The summed E-state index contributed by atoms with van der Waals surface area (Å²) >= 11 is 12.3. The van der Waals surface area contributed by atoms with Crippen LogP contribution in [0.1, 0.15) is 31.6 Å². The third-order valence-corrected chi connectivity index (χ3v) is 6.08. The molecule has 206 valence electrons. The lowest BCUT2D eigenvalue weighted by Crippen LogP contribution is -2.37. The Balaban J connectivity index is 1.79. The third kappa shape index (κ3) is 6.32. The van der Waals surface area contributed by atoms with Gasteiger partial charge < -0.3 is 9.84 Å². The first-order valence-electron chi connectivity index (χ1n) is 11.4. The summed E-state index contributed by atoms with van der Waals surface area (Å²) in [5, 5.41) is 19.0. The standard InChI is InChI=1S/C24H21Cl2F3N6O4/c1-13(39-14(2)36)21-30-20(31-35(21)18-6-4-3-5-17(18)26)12-34-23(38)33(11-19(37)24(27,28)29)22(32-34)15-7-9-16(25)10-8-15/h3-10,13,19,37H,11-12H2,1-2H3. The number of rotatable bonds is 8. The van der Waals surface area contributed by atoms with E-state index in [1.54, 1.807) is 31.2 Å². The van der Waals surface area contributed by atoms with Crippen molar-refractivity contribution in [3.8, 4) is 17.1 Å². The van der Waals surface area contributed by atoms with Crippen LogP contribution in [0, 0.1) is 0 Å². The van der Waals surface area contributed by atoms with Gasteiger partial charge >= 0.3 is 17.8 Å². The van der Waals surface area contributed by atoms with Gasteiger partial charge in [-0.1, -0.05) is 35.3 Å². The number of carbonyl (C=O) groups is 1. The van der Waals surface area contributed by atoms with Gasteiger partial charge in [-0.2, -0.15) is 13.2 Å². The molecular weight excluding hydrogens is 564 g/mol. The number of aliphatic hydroxyl groups is 1. The second-order valence-corrected chi connectivity index (χ2v) is 9.28. The van der Waals surface area contributed by atoms with E-state index < -0.39 is 36.6 Å². The van der Waals surface area contributed by atoms with Crippen LogP contribution < -0.4 is 5.69 Å². The molecule has 1 N–H and O–H groups in total. The minimum atomic E-state index is -4.96. The van der Waals surface area contributed by atoms with E-state index in [4.69, 9.17) is 27.9 Å². The number of carbonyl (C=O) groups excluding carboxylic acids is 1. The minimum Gasteiger partial charge on any atom is -0.455 e. The molecule has 2 aromatic heterocycles. The van der Waals surface area contributed by atoms with Crippen LogP contribution in [-0.2, 0) is 22.6 Å². The lowest BCUT2D eigenvalue weighted by atomic mass is 10.2. The van der Waals surface area contributed by atoms with E-state index in [1.165, 1.54) is 35.9 Å². The number of aromatic nitrogens is 6.